The highest BCUT2D eigenvalue weighted by Gasteiger charge is 2.50. The zero-order valence-electron chi connectivity index (χ0n) is 10.7. The summed E-state index contributed by atoms with van der Waals surface area (Å²) in [7, 11) is 0. The molecule has 2 nitrogen and oxygen atoms in total. The van der Waals surface area contributed by atoms with Crippen molar-refractivity contribution in [2.24, 2.45) is 17.3 Å². The maximum Gasteiger partial charge on any atom is 0.223 e. The highest BCUT2D eigenvalue weighted by atomic mass is 35.5. The van der Waals surface area contributed by atoms with Crippen molar-refractivity contribution in [1.82, 2.24) is 5.32 Å². The van der Waals surface area contributed by atoms with E-state index in [0.29, 0.717) is 11.8 Å². The molecule has 1 amide bonds. The van der Waals surface area contributed by atoms with Crippen molar-refractivity contribution >= 4 is 17.5 Å². The Hall–Kier alpha value is -0.240. The predicted molar refractivity (Wildman–Crippen MR) is 68.6 cm³/mol. The van der Waals surface area contributed by atoms with Crippen LogP contribution in [-0.2, 0) is 4.79 Å². The highest BCUT2D eigenvalue weighted by molar-refractivity contribution is 6.17. The zero-order chi connectivity index (χ0) is 12.2. The summed E-state index contributed by atoms with van der Waals surface area (Å²) in [5.41, 5.74) is 0.233. The van der Waals surface area contributed by atoms with E-state index >= 15 is 0 Å². The van der Waals surface area contributed by atoms with Gasteiger partial charge in [0.25, 0.3) is 0 Å². The number of hydrogen-bond acceptors (Lipinski definition) is 1. The summed E-state index contributed by atoms with van der Waals surface area (Å²) in [5.74, 6) is 1.72. The Morgan fingerprint density at radius 3 is 2.56 bits per heavy atom. The SMILES string of the molecule is CCCC(CCCl)CNC(=O)C1CC1(C)C. The molecule has 0 aromatic rings. The molecule has 0 bridgehead atoms. The molecule has 16 heavy (non-hydrogen) atoms. The fourth-order valence-corrected chi connectivity index (χ4v) is 2.50. The van der Waals surface area contributed by atoms with Crippen molar-refractivity contribution in [3.05, 3.63) is 0 Å². The number of carbonyl (C=O) groups is 1. The van der Waals surface area contributed by atoms with Gasteiger partial charge in [-0.3, -0.25) is 4.79 Å². The van der Waals surface area contributed by atoms with E-state index in [1.54, 1.807) is 0 Å². The predicted octanol–water partition coefficient (Wildman–Crippen LogP) is 3.19. The average molecular weight is 246 g/mol. The molecule has 1 N–H and O–H groups in total. The maximum atomic E-state index is 11.8. The van der Waals surface area contributed by atoms with Crippen molar-refractivity contribution in [1.29, 1.82) is 0 Å². The second-order valence-electron chi connectivity index (χ2n) is 5.62. The third kappa shape index (κ3) is 3.97. The first-order valence-corrected chi connectivity index (χ1v) is 6.88. The number of hydrogen-bond donors (Lipinski definition) is 1. The molecule has 3 heteroatoms. The van der Waals surface area contributed by atoms with Gasteiger partial charge < -0.3 is 5.32 Å². The lowest BCUT2D eigenvalue weighted by Gasteiger charge is -2.15. The molecular formula is C13H24ClNO. The molecular weight excluding hydrogens is 222 g/mol. The van der Waals surface area contributed by atoms with E-state index < -0.39 is 0 Å². The Kier molecular flexibility index (Phi) is 5.10. The zero-order valence-corrected chi connectivity index (χ0v) is 11.4. The molecule has 0 saturated heterocycles. The number of nitrogens with one attached hydrogen (secondary N) is 1. The van der Waals surface area contributed by atoms with Crippen LogP contribution in [0.5, 0.6) is 0 Å². The Labute approximate surface area is 104 Å². The molecule has 94 valence electrons. The Bertz CT molecular complexity index is 234. The van der Waals surface area contributed by atoms with Crippen LogP contribution in [-0.4, -0.2) is 18.3 Å². The van der Waals surface area contributed by atoms with Crippen molar-refractivity contribution in [3.8, 4) is 0 Å². The fraction of sp³-hybridized carbons (Fsp3) is 0.923. The van der Waals surface area contributed by atoms with Crippen LogP contribution in [0.2, 0.25) is 0 Å². The van der Waals surface area contributed by atoms with Crippen molar-refractivity contribution in [2.45, 2.75) is 46.5 Å². The van der Waals surface area contributed by atoms with Gasteiger partial charge in [-0.2, -0.15) is 0 Å². The van der Waals surface area contributed by atoms with Crippen LogP contribution in [0.15, 0.2) is 0 Å². The Balaban J connectivity index is 2.24. The minimum absolute atomic E-state index is 0.233. The molecule has 2 atom stereocenters. The minimum Gasteiger partial charge on any atom is -0.356 e. The van der Waals surface area contributed by atoms with Gasteiger partial charge in [0.05, 0.1) is 0 Å². The second-order valence-corrected chi connectivity index (χ2v) is 6.00. The molecule has 2 unspecified atom stereocenters. The number of alkyl halides is 1. The lowest BCUT2D eigenvalue weighted by Crippen LogP contribution is -2.31. The molecule has 1 fully saturated rings. The Morgan fingerprint density at radius 1 is 1.50 bits per heavy atom. The molecule has 0 aromatic heterocycles. The van der Waals surface area contributed by atoms with Gasteiger partial charge in [0.15, 0.2) is 0 Å². The number of amides is 1. The molecule has 1 rings (SSSR count). The molecule has 1 aliphatic rings. The third-order valence-corrected chi connectivity index (χ3v) is 3.83. The van der Waals surface area contributed by atoms with Crippen LogP contribution < -0.4 is 5.32 Å². The lowest BCUT2D eigenvalue weighted by molar-refractivity contribution is -0.123. The first kappa shape index (κ1) is 13.8. The van der Waals surface area contributed by atoms with E-state index in [0.717, 1.165) is 32.2 Å². The van der Waals surface area contributed by atoms with Crippen LogP contribution in [0.25, 0.3) is 0 Å². The maximum absolute atomic E-state index is 11.8. The molecule has 1 aliphatic carbocycles. The van der Waals surface area contributed by atoms with Crippen LogP contribution in [0.1, 0.15) is 46.5 Å². The Morgan fingerprint density at radius 2 is 2.12 bits per heavy atom. The average Bonchev–Trinajstić information content (AvgIpc) is 2.85. The quantitative estimate of drug-likeness (QED) is 0.686. The van der Waals surface area contributed by atoms with Gasteiger partial charge >= 0.3 is 0 Å². The monoisotopic (exact) mass is 245 g/mol. The van der Waals surface area contributed by atoms with E-state index in [1.807, 2.05) is 0 Å². The van der Waals surface area contributed by atoms with Crippen molar-refractivity contribution in [3.63, 3.8) is 0 Å². The third-order valence-electron chi connectivity index (χ3n) is 3.61. The smallest absolute Gasteiger partial charge is 0.223 e. The van der Waals surface area contributed by atoms with Gasteiger partial charge in [-0.05, 0) is 30.6 Å². The van der Waals surface area contributed by atoms with Crippen molar-refractivity contribution < 1.29 is 4.79 Å². The van der Waals surface area contributed by atoms with E-state index in [1.165, 1.54) is 0 Å². The van der Waals surface area contributed by atoms with Crippen LogP contribution in [0.3, 0.4) is 0 Å². The minimum atomic E-state index is 0.233. The molecule has 0 radical (unpaired) electrons. The number of carbonyl (C=O) groups excluding carboxylic acids is 1. The molecule has 0 spiro atoms. The van der Waals surface area contributed by atoms with Crippen LogP contribution in [0, 0.1) is 17.3 Å². The van der Waals surface area contributed by atoms with E-state index in [4.69, 9.17) is 11.6 Å². The summed E-state index contributed by atoms with van der Waals surface area (Å²) in [4.78, 5) is 11.8. The molecule has 0 heterocycles. The summed E-state index contributed by atoms with van der Waals surface area (Å²) in [6.45, 7) is 7.28. The largest absolute Gasteiger partial charge is 0.356 e. The number of halogens is 1. The van der Waals surface area contributed by atoms with E-state index in [2.05, 4.69) is 26.1 Å². The van der Waals surface area contributed by atoms with Gasteiger partial charge in [0.1, 0.15) is 0 Å². The lowest BCUT2D eigenvalue weighted by atomic mass is 10.0. The van der Waals surface area contributed by atoms with Gasteiger partial charge in [-0.15, -0.1) is 11.6 Å². The standard InChI is InChI=1S/C13H24ClNO/c1-4-5-10(6-7-14)9-15-12(16)11-8-13(11,2)3/h10-11H,4-9H2,1-3H3,(H,15,16). The second kappa shape index (κ2) is 5.90. The molecule has 0 aliphatic heterocycles. The van der Waals surface area contributed by atoms with E-state index in [9.17, 15) is 4.79 Å². The van der Waals surface area contributed by atoms with Crippen molar-refractivity contribution in [2.75, 3.05) is 12.4 Å². The van der Waals surface area contributed by atoms with Crippen LogP contribution >= 0.6 is 11.6 Å². The summed E-state index contributed by atoms with van der Waals surface area (Å²) < 4.78 is 0. The molecule has 1 saturated carbocycles. The van der Waals surface area contributed by atoms with E-state index in [-0.39, 0.29) is 17.2 Å². The van der Waals surface area contributed by atoms with Gasteiger partial charge in [0.2, 0.25) is 5.91 Å². The highest BCUT2D eigenvalue weighted by Crippen LogP contribution is 2.51. The molecule has 0 aromatic carbocycles. The van der Waals surface area contributed by atoms with Gasteiger partial charge in [-0.1, -0.05) is 27.2 Å². The summed E-state index contributed by atoms with van der Waals surface area (Å²) in [6.07, 6.45) is 4.35. The summed E-state index contributed by atoms with van der Waals surface area (Å²) >= 11 is 5.75. The fourth-order valence-electron chi connectivity index (χ4n) is 2.19. The topological polar surface area (TPSA) is 29.1 Å². The summed E-state index contributed by atoms with van der Waals surface area (Å²) in [5, 5.41) is 3.07. The number of rotatable bonds is 7. The van der Waals surface area contributed by atoms with Gasteiger partial charge in [0, 0.05) is 18.3 Å². The van der Waals surface area contributed by atoms with Crippen LogP contribution in [0.4, 0.5) is 0 Å². The first-order chi connectivity index (χ1) is 7.51. The first-order valence-electron chi connectivity index (χ1n) is 6.35. The summed E-state index contributed by atoms with van der Waals surface area (Å²) in [6, 6.07) is 0. The van der Waals surface area contributed by atoms with Gasteiger partial charge in [-0.25, -0.2) is 0 Å². The normalized spacial score (nSPS) is 23.9.